The number of hydrogen-bond acceptors (Lipinski definition) is 4. The summed E-state index contributed by atoms with van der Waals surface area (Å²) in [5.74, 6) is 0.488. The zero-order valence-corrected chi connectivity index (χ0v) is 18.9. The van der Waals surface area contributed by atoms with E-state index in [1.165, 1.54) is 44.9 Å². The average Bonchev–Trinajstić information content (AvgIpc) is 2.66. The Labute approximate surface area is 171 Å². The minimum Gasteiger partial charge on any atom is -0.384 e. The largest absolute Gasteiger partial charge is 0.384 e. The SMILES string of the molecule is CCCCCCN1CCC(C)(c2cccc(NS(=O)(=O)CCOC)c2)C(C)C1. The van der Waals surface area contributed by atoms with Gasteiger partial charge in [0.2, 0.25) is 10.0 Å². The van der Waals surface area contributed by atoms with Gasteiger partial charge in [0.05, 0.1) is 12.4 Å². The van der Waals surface area contributed by atoms with Crippen LogP contribution in [0.3, 0.4) is 0 Å². The first-order valence-electron chi connectivity index (χ1n) is 10.6. The molecule has 0 amide bonds. The average molecular weight is 411 g/mol. The maximum absolute atomic E-state index is 12.2. The van der Waals surface area contributed by atoms with Gasteiger partial charge in [0.1, 0.15) is 0 Å². The number of hydrogen-bond donors (Lipinski definition) is 1. The summed E-state index contributed by atoms with van der Waals surface area (Å²) in [6.07, 6.45) is 6.32. The fourth-order valence-corrected chi connectivity index (χ4v) is 5.05. The molecule has 160 valence electrons. The zero-order valence-electron chi connectivity index (χ0n) is 18.0. The van der Waals surface area contributed by atoms with E-state index < -0.39 is 10.0 Å². The van der Waals surface area contributed by atoms with Crippen molar-refractivity contribution in [2.24, 2.45) is 5.92 Å². The van der Waals surface area contributed by atoms with Crippen LogP contribution < -0.4 is 4.72 Å². The van der Waals surface area contributed by atoms with Crippen LogP contribution in [0, 0.1) is 5.92 Å². The highest BCUT2D eigenvalue weighted by Crippen LogP contribution is 2.40. The lowest BCUT2D eigenvalue weighted by molar-refractivity contribution is 0.109. The molecule has 0 aliphatic carbocycles. The highest BCUT2D eigenvalue weighted by molar-refractivity contribution is 7.92. The molecular weight excluding hydrogens is 372 g/mol. The third-order valence-corrected chi connectivity index (χ3v) is 7.50. The smallest absolute Gasteiger partial charge is 0.234 e. The van der Waals surface area contributed by atoms with Crippen LogP contribution in [-0.2, 0) is 20.2 Å². The Balaban J connectivity index is 2.02. The number of anilines is 1. The molecule has 0 radical (unpaired) electrons. The number of ether oxygens (including phenoxy) is 1. The van der Waals surface area contributed by atoms with Crippen molar-refractivity contribution in [1.29, 1.82) is 0 Å². The quantitative estimate of drug-likeness (QED) is 0.554. The molecule has 0 bridgehead atoms. The first-order valence-corrected chi connectivity index (χ1v) is 12.3. The zero-order chi connectivity index (χ0) is 20.6. The third-order valence-electron chi connectivity index (χ3n) is 6.25. The van der Waals surface area contributed by atoms with Crippen molar-refractivity contribution >= 4 is 15.7 Å². The number of nitrogens with zero attached hydrogens (tertiary/aromatic N) is 1. The predicted octanol–water partition coefficient (Wildman–Crippen LogP) is 4.25. The third kappa shape index (κ3) is 6.46. The summed E-state index contributed by atoms with van der Waals surface area (Å²) in [7, 11) is -1.88. The van der Waals surface area contributed by atoms with Gasteiger partial charge in [-0.15, -0.1) is 0 Å². The second-order valence-corrected chi connectivity index (χ2v) is 10.3. The summed E-state index contributed by atoms with van der Waals surface area (Å²) in [5, 5.41) is 0. The van der Waals surface area contributed by atoms with Gasteiger partial charge in [0.15, 0.2) is 0 Å². The van der Waals surface area contributed by atoms with Crippen LogP contribution in [0.15, 0.2) is 24.3 Å². The van der Waals surface area contributed by atoms with Crippen LogP contribution in [0.25, 0.3) is 0 Å². The maximum Gasteiger partial charge on any atom is 0.234 e. The molecule has 1 saturated heterocycles. The molecule has 1 N–H and O–H groups in total. The van der Waals surface area contributed by atoms with E-state index in [2.05, 4.69) is 36.5 Å². The van der Waals surface area contributed by atoms with E-state index in [0.29, 0.717) is 11.6 Å². The molecule has 0 saturated carbocycles. The van der Waals surface area contributed by atoms with Crippen molar-refractivity contribution in [1.82, 2.24) is 4.90 Å². The number of rotatable bonds is 11. The second-order valence-electron chi connectivity index (χ2n) is 8.42. The van der Waals surface area contributed by atoms with E-state index in [1.807, 2.05) is 18.2 Å². The molecular formula is C22H38N2O3S. The van der Waals surface area contributed by atoms with E-state index in [-0.39, 0.29) is 17.8 Å². The van der Waals surface area contributed by atoms with Gasteiger partial charge in [0, 0.05) is 19.3 Å². The molecule has 1 aliphatic rings. The van der Waals surface area contributed by atoms with Crippen molar-refractivity contribution in [2.75, 3.05) is 43.8 Å². The lowest BCUT2D eigenvalue weighted by Gasteiger charge is -2.45. The minimum atomic E-state index is -3.38. The van der Waals surface area contributed by atoms with Crippen LogP contribution >= 0.6 is 0 Å². The highest BCUT2D eigenvalue weighted by atomic mass is 32.2. The van der Waals surface area contributed by atoms with Crippen molar-refractivity contribution in [2.45, 2.75) is 58.3 Å². The van der Waals surface area contributed by atoms with E-state index >= 15 is 0 Å². The Bertz CT molecular complexity index is 707. The predicted molar refractivity (Wildman–Crippen MR) is 117 cm³/mol. The normalized spacial score (nSPS) is 23.6. The van der Waals surface area contributed by atoms with E-state index in [9.17, 15) is 8.42 Å². The Morgan fingerprint density at radius 1 is 1.29 bits per heavy atom. The minimum absolute atomic E-state index is 0.0333. The molecule has 2 atom stereocenters. The fraction of sp³-hybridized carbons (Fsp3) is 0.727. The number of nitrogens with one attached hydrogen (secondary N) is 1. The monoisotopic (exact) mass is 410 g/mol. The van der Waals surface area contributed by atoms with Crippen LogP contribution in [0.2, 0.25) is 0 Å². The molecule has 2 rings (SSSR count). The van der Waals surface area contributed by atoms with Crippen LogP contribution in [-0.4, -0.2) is 52.4 Å². The Morgan fingerprint density at radius 2 is 2.07 bits per heavy atom. The Kier molecular flexibility index (Phi) is 8.78. The van der Waals surface area contributed by atoms with Crippen molar-refractivity contribution in [3.05, 3.63) is 29.8 Å². The van der Waals surface area contributed by atoms with E-state index in [4.69, 9.17) is 4.74 Å². The van der Waals surface area contributed by atoms with Gasteiger partial charge in [-0.2, -0.15) is 0 Å². The summed E-state index contributed by atoms with van der Waals surface area (Å²) in [6.45, 7) is 10.5. The van der Waals surface area contributed by atoms with Crippen molar-refractivity contribution in [3.63, 3.8) is 0 Å². The summed E-state index contributed by atoms with van der Waals surface area (Å²) < 4.78 is 32.0. The van der Waals surface area contributed by atoms with Crippen LogP contribution in [0.4, 0.5) is 5.69 Å². The van der Waals surface area contributed by atoms with Gasteiger partial charge in [-0.1, -0.05) is 52.2 Å². The van der Waals surface area contributed by atoms with Crippen LogP contribution in [0.5, 0.6) is 0 Å². The number of sulfonamides is 1. The molecule has 5 nitrogen and oxygen atoms in total. The standard InChI is InChI=1S/C22H38N2O3S/c1-5-6-7-8-13-24-14-12-22(3,19(2)18-24)20-10-9-11-21(17-20)23-28(25,26)16-15-27-4/h9-11,17,19,23H,5-8,12-16,18H2,1-4H3. The lowest BCUT2D eigenvalue weighted by atomic mass is 9.68. The molecule has 28 heavy (non-hydrogen) atoms. The summed E-state index contributed by atoms with van der Waals surface area (Å²) >= 11 is 0. The number of methoxy groups -OCH3 is 1. The van der Waals surface area contributed by atoms with Gasteiger partial charge in [-0.25, -0.2) is 8.42 Å². The number of piperidine rings is 1. The highest BCUT2D eigenvalue weighted by Gasteiger charge is 2.37. The fourth-order valence-electron chi connectivity index (χ4n) is 4.07. The summed E-state index contributed by atoms with van der Waals surface area (Å²) in [4.78, 5) is 2.60. The van der Waals surface area contributed by atoms with Gasteiger partial charge in [-0.05, 0) is 55.0 Å². The lowest BCUT2D eigenvalue weighted by Crippen LogP contribution is -2.47. The molecule has 1 aromatic carbocycles. The van der Waals surface area contributed by atoms with Crippen molar-refractivity contribution < 1.29 is 13.2 Å². The van der Waals surface area contributed by atoms with Gasteiger partial charge < -0.3 is 9.64 Å². The summed E-state index contributed by atoms with van der Waals surface area (Å²) in [6, 6.07) is 7.93. The number of benzene rings is 1. The topological polar surface area (TPSA) is 58.6 Å². The van der Waals surface area contributed by atoms with E-state index in [1.54, 1.807) is 0 Å². The Morgan fingerprint density at radius 3 is 2.75 bits per heavy atom. The van der Waals surface area contributed by atoms with Gasteiger partial charge in [0.25, 0.3) is 0 Å². The molecule has 0 aromatic heterocycles. The molecule has 1 heterocycles. The molecule has 6 heteroatoms. The van der Waals surface area contributed by atoms with Crippen LogP contribution in [0.1, 0.15) is 58.4 Å². The molecule has 2 unspecified atom stereocenters. The van der Waals surface area contributed by atoms with E-state index in [0.717, 1.165) is 19.5 Å². The number of likely N-dealkylation sites (tertiary alicyclic amines) is 1. The Hall–Kier alpha value is -1.11. The maximum atomic E-state index is 12.2. The van der Waals surface area contributed by atoms with Gasteiger partial charge in [-0.3, -0.25) is 4.72 Å². The first-order chi connectivity index (χ1) is 13.3. The molecule has 1 aliphatic heterocycles. The summed E-state index contributed by atoms with van der Waals surface area (Å²) in [5.41, 5.74) is 1.93. The molecule has 1 fully saturated rings. The molecule has 0 spiro atoms. The second kappa shape index (κ2) is 10.6. The van der Waals surface area contributed by atoms with Gasteiger partial charge >= 0.3 is 0 Å². The van der Waals surface area contributed by atoms with Crippen molar-refractivity contribution in [3.8, 4) is 0 Å². The first kappa shape index (κ1) is 23.2. The number of unbranched alkanes of at least 4 members (excludes halogenated alkanes) is 3. The molecule has 1 aromatic rings.